The van der Waals surface area contributed by atoms with Gasteiger partial charge < -0.3 is 5.73 Å². The average molecular weight is 323 g/mol. The Kier molecular flexibility index (Phi) is 3.22. The standard InChI is InChI=1S/C12H11BrN4S/c13-8-2-1-5-15-12(8)18-10-6-9(14)16-11(17-10)7-3-4-7/h1-2,5-7H,3-4H2,(H2,14,16,17). The fourth-order valence-electron chi connectivity index (χ4n) is 1.58. The number of hydrogen-bond acceptors (Lipinski definition) is 5. The molecule has 2 heterocycles. The zero-order valence-electron chi connectivity index (χ0n) is 9.51. The smallest absolute Gasteiger partial charge is 0.135 e. The molecule has 2 N–H and O–H groups in total. The molecule has 2 aromatic heterocycles. The summed E-state index contributed by atoms with van der Waals surface area (Å²) in [5.74, 6) is 1.89. The molecule has 0 atom stereocenters. The molecule has 6 heteroatoms. The highest BCUT2D eigenvalue weighted by molar-refractivity contribution is 9.10. The molecular weight excluding hydrogens is 312 g/mol. The van der Waals surface area contributed by atoms with Gasteiger partial charge in [-0.3, -0.25) is 0 Å². The minimum atomic E-state index is 0.500. The van der Waals surface area contributed by atoms with Gasteiger partial charge in [0, 0.05) is 18.2 Å². The predicted octanol–water partition coefficient (Wildman–Crippen LogP) is 3.24. The molecule has 92 valence electrons. The van der Waals surface area contributed by atoms with Crippen LogP contribution in [0.1, 0.15) is 24.6 Å². The second-order valence-corrected chi connectivity index (χ2v) is 6.02. The molecule has 0 radical (unpaired) electrons. The van der Waals surface area contributed by atoms with E-state index in [1.54, 1.807) is 12.3 Å². The van der Waals surface area contributed by atoms with E-state index >= 15 is 0 Å². The number of rotatable bonds is 3. The molecule has 0 amide bonds. The Balaban J connectivity index is 1.90. The van der Waals surface area contributed by atoms with Crippen LogP contribution in [-0.2, 0) is 0 Å². The molecule has 0 aliphatic heterocycles. The number of halogens is 1. The first-order chi connectivity index (χ1) is 8.72. The molecule has 2 aromatic rings. The van der Waals surface area contributed by atoms with Crippen molar-refractivity contribution < 1.29 is 0 Å². The number of pyridine rings is 1. The molecule has 0 aromatic carbocycles. The molecule has 0 spiro atoms. The maximum absolute atomic E-state index is 5.82. The predicted molar refractivity (Wildman–Crippen MR) is 74.5 cm³/mol. The Hall–Kier alpha value is -1.14. The Morgan fingerprint density at radius 1 is 1.33 bits per heavy atom. The summed E-state index contributed by atoms with van der Waals surface area (Å²) >= 11 is 4.97. The van der Waals surface area contributed by atoms with Gasteiger partial charge in [0.05, 0.1) is 4.47 Å². The number of nitrogen functional groups attached to an aromatic ring is 1. The summed E-state index contributed by atoms with van der Waals surface area (Å²) in [6.45, 7) is 0. The Labute approximate surface area is 118 Å². The minimum Gasteiger partial charge on any atom is -0.384 e. The number of nitrogens with two attached hydrogens (primary N) is 1. The monoisotopic (exact) mass is 322 g/mol. The van der Waals surface area contributed by atoms with E-state index in [0.717, 1.165) is 20.3 Å². The first-order valence-electron chi connectivity index (χ1n) is 5.65. The lowest BCUT2D eigenvalue weighted by molar-refractivity contribution is 0.882. The van der Waals surface area contributed by atoms with Crippen molar-refractivity contribution in [2.24, 2.45) is 0 Å². The summed E-state index contributed by atoms with van der Waals surface area (Å²) in [5.41, 5.74) is 5.82. The van der Waals surface area contributed by atoms with Crippen LogP contribution in [0.4, 0.5) is 5.82 Å². The van der Waals surface area contributed by atoms with E-state index in [1.807, 2.05) is 12.1 Å². The van der Waals surface area contributed by atoms with Crippen molar-refractivity contribution in [2.75, 3.05) is 5.73 Å². The van der Waals surface area contributed by atoms with E-state index in [1.165, 1.54) is 24.6 Å². The highest BCUT2D eigenvalue weighted by Crippen LogP contribution is 2.39. The summed E-state index contributed by atoms with van der Waals surface area (Å²) < 4.78 is 0.958. The van der Waals surface area contributed by atoms with Crippen LogP contribution >= 0.6 is 27.7 Å². The van der Waals surface area contributed by atoms with Gasteiger partial charge in [-0.25, -0.2) is 15.0 Å². The Morgan fingerprint density at radius 3 is 2.89 bits per heavy atom. The van der Waals surface area contributed by atoms with E-state index in [-0.39, 0.29) is 0 Å². The molecule has 1 fully saturated rings. The molecule has 1 saturated carbocycles. The summed E-state index contributed by atoms with van der Waals surface area (Å²) in [4.78, 5) is 13.1. The van der Waals surface area contributed by atoms with Gasteiger partial charge in [0.15, 0.2) is 0 Å². The Morgan fingerprint density at radius 2 is 2.17 bits per heavy atom. The number of hydrogen-bond donors (Lipinski definition) is 1. The molecule has 1 aliphatic carbocycles. The van der Waals surface area contributed by atoms with Crippen LogP contribution < -0.4 is 5.73 Å². The largest absolute Gasteiger partial charge is 0.384 e. The number of aromatic nitrogens is 3. The van der Waals surface area contributed by atoms with Crippen LogP contribution in [-0.4, -0.2) is 15.0 Å². The van der Waals surface area contributed by atoms with Gasteiger partial charge in [-0.1, -0.05) is 0 Å². The summed E-state index contributed by atoms with van der Waals surface area (Å²) in [5, 5.41) is 1.74. The number of anilines is 1. The zero-order valence-corrected chi connectivity index (χ0v) is 11.9. The second-order valence-electron chi connectivity index (χ2n) is 4.16. The van der Waals surface area contributed by atoms with Gasteiger partial charge in [-0.15, -0.1) is 0 Å². The lowest BCUT2D eigenvalue weighted by Gasteiger charge is -2.05. The topological polar surface area (TPSA) is 64.7 Å². The van der Waals surface area contributed by atoms with E-state index in [9.17, 15) is 0 Å². The van der Waals surface area contributed by atoms with Crippen molar-refractivity contribution in [2.45, 2.75) is 28.8 Å². The molecule has 18 heavy (non-hydrogen) atoms. The number of nitrogens with zero attached hydrogens (tertiary/aromatic N) is 3. The summed E-state index contributed by atoms with van der Waals surface area (Å²) in [6, 6.07) is 5.64. The SMILES string of the molecule is Nc1cc(Sc2ncccc2Br)nc(C2CC2)n1. The van der Waals surface area contributed by atoms with E-state index < -0.39 is 0 Å². The average Bonchev–Trinajstić information content (AvgIpc) is 3.15. The van der Waals surface area contributed by atoms with Crippen molar-refractivity contribution in [3.8, 4) is 0 Å². The first-order valence-corrected chi connectivity index (χ1v) is 7.26. The zero-order chi connectivity index (χ0) is 12.5. The lowest BCUT2D eigenvalue weighted by Crippen LogP contribution is -1.99. The maximum atomic E-state index is 5.82. The molecule has 0 unspecified atom stereocenters. The van der Waals surface area contributed by atoms with Gasteiger partial charge >= 0.3 is 0 Å². The molecule has 0 saturated heterocycles. The van der Waals surface area contributed by atoms with Crippen molar-refractivity contribution in [3.63, 3.8) is 0 Å². The fraction of sp³-hybridized carbons (Fsp3) is 0.250. The van der Waals surface area contributed by atoms with Gasteiger partial charge in [-0.05, 0) is 52.7 Å². The minimum absolute atomic E-state index is 0.500. The summed E-state index contributed by atoms with van der Waals surface area (Å²) in [7, 11) is 0. The van der Waals surface area contributed by atoms with Gasteiger partial charge in [0.25, 0.3) is 0 Å². The van der Waals surface area contributed by atoms with Crippen LogP contribution in [0, 0.1) is 0 Å². The normalized spacial score (nSPS) is 14.7. The highest BCUT2D eigenvalue weighted by atomic mass is 79.9. The van der Waals surface area contributed by atoms with Crippen molar-refractivity contribution in [3.05, 3.63) is 34.7 Å². The third kappa shape index (κ3) is 2.64. The van der Waals surface area contributed by atoms with Crippen LogP contribution in [0.25, 0.3) is 0 Å². The van der Waals surface area contributed by atoms with Crippen LogP contribution in [0.5, 0.6) is 0 Å². The van der Waals surface area contributed by atoms with Gasteiger partial charge in [0.2, 0.25) is 0 Å². The molecule has 0 bridgehead atoms. The van der Waals surface area contributed by atoms with Gasteiger partial charge in [-0.2, -0.15) is 0 Å². The molecule has 1 aliphatic rings. The molecule has 4 nitrogen and oxygen atoms in total. The third-order valence-electron chi connectivity index (χ3n) is 2.61. The molecular formula is C12H11BrN4S. The van der Waals surface area contributed by atoms with Crippen LogP contribution in [0.15, 0.2) is 38.9 Å². The first kappa shape index (κ1) is 11.9. The quantitative estimate of drug-likeness (QED) is 0.879. The van der Waals surface area contributed by atoms with E-state index in [4.69, 9.17) is 5.73 Å². The summed E-state index contributed by atoms with van der Waals surface area (Å²) in [6.07, 6.45) is 4.10. The highest BCUT2D eigenvalue weighted by Gasteiger charge is 2.27. The van der Waals surface area contributed by atoms with E-state index in [0.29, 0.717) is 11.7 Å². The second kappa shape index (κ2) is 4.85. The van der Waals surface area contributed by atoms with Crippen molar-refractivity contribution >= 4 is 33.5 Å². The third-order valence-corrected chi connectivity index (χ3v) is 4.45. The van der Waals surface area contributed by atoms with E-state index in [2.05, 4.69) is 30.9 Å². The maximum Gasteiger partial charge on any atom is 0.135 e. The Bertz CT molecular complexity index is 586. The fourth-order valence-corrected chi connectivity index (χ4v) is 2.88. The lowest BCUT2D eigenvalue weighted by atomic mass is 10.4. The van der Waals surface area contributed by atoms with Crippen LogP contribution in [0.3, 0.4) is 0 Å². The van der Waals surface area contributed by atoms with Crippen molar-refractivity contribution in [1.29, 1.82) is 0 Å². The van der Waals surface area contributed by atoms with Crippen LogP contribution in [0.2, 0.25) is 0 Å². The van der Waals surface area contributed by atoms with Crippen molar-refractivity contribution in [1.82, 2.24) is 15.0 Å². The molecule has 3 rings (SSSR count). The van der Waals surface area contributed by atoms with Gasteiger partial charge in [0.1, 0.15) is 21.7 Å².